The van der Waals surface area contributed by atoms with Crippen molar-refractivity contribution in [1.82, 2.24) is 0 Å². The summed E-state index contributed by atoms with van der Waals surface area (Å²) in [6, 6.07) is 70.8. The summed E-state index contributed by atoms with van der Waals surface area (Å²) in [5.41, 5.74) is 8.17. The molecular formula is C58H46O6. The zero-order chi connectivity index (χ0) is 43.7. The maximum absolute atomic E-state index is 8.15. The van der Waals surface area contributed by atoms with Crippen LogP contribution in [0.15, 0.2) is 206 Å². The molecule has 314 valence electrons. The molecule has 2 aliphatic rings. The molecule has 0 aliphatic carbocycles. The van der Waals surface area contributed by atoms with Crippen LogP contribution >= 0.6 is 0 Å². The molecule has 0 saturated carbocycles. The molecule has 10 rings (SSSR count). The fraction of sp³-hybridized carbons (Fsp3) is 0.103. The van der Waals surface area contributed by atoms with Crippen molar-refractivity contribution in [2.24, 2.45) is 0 Å². The van der Waals surface area contributed by atoms with Crippen LogP contribution in [0.2, 0.25) is 0 Å². The van der Waals surface area contributed by atoms with Gasteiger partial charge in [0.05, 0.1) is 28.4 Å². The third-order valence-corrected chi connectivity index (χ3v) is 12.4. The Kier molecular flexibility index (Phi) is 10.5. The van der Waals surface area contributed by atoms with Gasteiger partial charge in [0.1, 0.15) is 34.5 Å². The molecule has 0 aromatic heterocycles. The fourth-order valence-corrected chi connectivity index (χ4v) is 9.56. The van der Waals surface area contributed by atoms with Gasteiger partial charge in [-0.25, -0.2) is 0 Å². The molecule has 0 radical (unpaired) electrons. The second kappa shape index (κ2) is 16.7. The Morgan fingerprint density at radius 3 is 0.922 bits per heavy atom. The van der Waals surface area contributed by atoms with Crippen LogP contribution in [-0.2, 0) is 11.2 Å². The average molecular weight is 839 g/mol. The maximum Gasteiger partial charge on any atom is 0.208 e. The highest BCUT2D eigenvalue weighted by Gasteiger charge is 2.67. The summed E-state index contributed by atoms with van der Waals surface area (Å²) in [6.45, 7) is 0. The summed E-state index contributed by atoms with van der Waals surface area (Å²) in [4.78, 5) is 0. The largest absolute Gasteiger partial charge is 0.497 e. The van der Waals surface area contributed by atoms with Crippen molar-refractivity contribution in [3.05, 3.63) is 251 Å². The molecule has 2 aliphatic heterocycles. The zero-order valence-electron chi connectivity index (χ0n) is 36.1. The molecule has 0 bridgehead atoms. The third-order valence-electron chi connectivity index (χ3n) is 12.4. The Hall–Kier alpha value is -7.96. The zero-order valence-corrected chi connectivity index (χ0v) is 36.1. The van der Waals surface area contributed by atoms with Gasteiger partial charge in [-0.2, -0.15) is 0 Å². The van der Waals surface area contributed by atoms with Gasteiger partial charge >= 0.3 is 0 Å². The van der Waals surface area contributed by atoms with E-state index < -0.39 is 11.2 Å². The molecular weight excluding hydrogens is 793 g/mol. The summed E-state index contributed by atoms with van der Waals surface area (Å²) in [5.74, 6) is 4.32. The van der Waals surface area contributed by atoms with Gasteiger partial charge in [-0.1, -0.05) is 146 Å². The lowest BCUT2D eigenvalue weighted by atomic mass is 9.58. The fourth-order valence-electron chi connectivity index (χ4n) is 9.56. The van der Waals surface area contributed by atoms with Crippen molar-refractivity contribution in [1.29, 1.82) is 0 Å². The number of hydrogen-bond donors (Lipinski definition) is 0. The summed E-state index contributed by atoms with van der Waals surface area (Å²) >= 11 is 0. The number of para-hydroxylation sites is 2. The van der Waals surface area contributed by atoms with Gasteiger partial charge in [0.25, 0.3) is 0 Å². The van der Waals surface area contributed by atoms with Crippen LogP contribution < -0.4 is 28.4 Å². The molecule has 0 spiro atoms. The normalized spacial score (nSPS) is 17.6. The lowest BCUT2D eigenvalue weighted by Gasteiger charge is -2.56. The van der Waals surface area contributed by atoms with Crippen molar-refractivity contribution in [3.63, 3.8) is 0 Å². The van der Waals surface area contributed by atoms with E-state index in [1.165, 1.54) is 0 Å². The first-order valence-corrected chi connectivity index (χ1v) is 21.3. The van der Waals surface area contributed by atoms with E-state index in [-0.39, 0.29) is 0 Å². The highest BCUT2D eigenvalue weighted by atomic mass is 16.6. The van der Waals surface area contributed by atoms with E-state index in [1.54, 1.807) is 28.4 Å². The highest BCUT2D eigenvalue weighted by Crippen LogP contribution is 2.67. The standard InChI is InChI=1S/C58H46O6/c1-59-45-31-23-39(24-32-45)53-49-19-11-13-21-51(49)63-57(43-27-35-47(61-3)36-28-43,55(53)41-15-7-5-8-16-41)58(44-29-37-48(62-4)38-30-44)56(42-17-9-6-10-18-42)54(40-25-33-46(60-2)34-26-40)50-20-12-14-22-52(50)64-58/h5-38H,1-4H3. The highest BCUT2D eigenvalue weighted by molar-refractivity contribution is 6.10. The van der Waals surface area contributed by atoms with Crippen LogP contribution in [0.4, 0.5) is 0 Å². The molecule has 2 atom stereocenters. The van der Waals surface area contributed by atoms with E-state index in [0.29, 0.717) is 23.0 Å². The number of hydrogen-bond acceptors (Lipinski definition) is 6. The molecule has 0 N–H and O–H groups in total. The van der Waals surface area contributed by atoms with Gasteiger partial charge in [-0.3, -0.25) is 0 Å². The van der Waals surface area contributed by atoms with Crippen molar-refractivity contribution in [2.75, 3.05) is 28.4 Å². The predicted octanol–water partition coefficient (Wildman–Crippen LogP) is 12.9. The summed E-state index contributed by atoms with van der Waals surface area (Å²) in [6.07, 6.45) is 0. The van der Waals surface area contributed by atoms with Crippen LogP contribution in [0.3, 0.4) is 0 Å². The Bertz CT molecular complexity index is 2790. The van der Waals surface area contributed by atoms with Crippen LogP contribution in [0, 0.1) is 0 Å². The molecule has 6 nitrogen and oxygen atoms in total. The maximum atomic E-state index is 8.15. The second-order valence-electron chi connectivity index (χ2n) is 15.7. The lowest BCUT2D eigenvalue weighted by molar-refractivity contribution is -0.0550. The van der Waals surface area contributed by atoms with Gasteiger partial charge in [0, 0.05) is 44.5 Å². The predicted molar refractivity (Wildman–Crippen MR) is 254 cm³/mol. The molecule has 0 amide bonds. The van der Waals surface area contributed by atoms with Crippen molar-refractivity contribution < 1.29 is 28.4 Å². The van der Waals surface area contributed by atoms with E-state index in [9.17, 15) is 0 Å². The Morgan fingerprint density at radius 1 is 0.297 bits per heavy atom. The second-order valence-corrected chi connectivity index (χ2v) is 15.7. The quantitative estimate of drug-likeness (QED) is 0.129. The van der Waals surface area contributed by atoms with Gasteiger partial charge in [0.2, 0.25) is 11.2 Å². The van der Waals surface area contributed by atoms with Gasteiger partial charge in [-0.05, 0) is 82.9 Å². The Labute approximate surface area is 374 Å². The Balaban J connectivity index is 1.50. The topological polar surface area (TPSA) is 55.4 Å². The SMILES string of the molecule is COc1ccc(C2=C(c3ccccc3)C(c3ccc(OC)cc3)(C3(c4ccc(OC)cc4)Oc4ccccc4C(c4ccc(OC)cc4)=C3c3ccccc3)Oc3ccccc32)cc1. The smallest absolute Gasteiger partial charge is 0.208 e. The van der Waals surface area contributed by atoms with Crippen LogP contribution in [-0.4, -0.2) is 28.4 Å². The minimum atomic E-state index is -1.52. The number of rotatable bonds is 11. The van der Waals surface area contributed by atoms with Gasteiger partial charge in [0.15, 0.2) is 0 Å². The first kappa shape index (κ1) is 40.1. The molecule has 8 aromatic rings. The van der Waals surface area contributed by atoms with Crippen molar-refractivity contribution >= 4 is 22.3 Å². The molecule has 0 saturated heterocycles. The van der Waals surface area contributed by atoms with E-state index >= 15 is 0 Å². The number of fused-ring (bicyclic) bond motifs is 2. The minimum absolute atomic E-state index is 0.692. The van der Waals surface area contributed by atoms with Gasteiger partial charge < -0.3 is 28.4 Å². The minimum Gasteiger partial charge on any atom is -0.497 e. The molecule has 8 aromatic carbocycles. The first-order chi connectivity index (χ1) is 31.5. The monoisotopic (exact) mass is 838 g/mol. The first-order valence-electron chi connectivity index (χ1n) is 21.3. The van der Waals surface area contributed by atoms with Crippen LogP contribution in [0.1, 0.15) is 44.5 Å². The van der Waals surface area contributed by atoms with E-state index in [1.807, 2.05) is 72.8 Å². The number of methoxy groups -OCH3 is 4. The van der Waals surface area contributed by atoms with Crippen molar-refractivity contribution in [3.8, 4) is 34.5 Å². The van der Waals surface area contributed by atoms with E-state index in [4.69, 9.17) is 28.4 Å². The van der Waals surface area contributed by atoms with Crippen LogP contribution in [0.25, 0.3) is 22.3 Å². The van der Waals surface area contributed by atoms with Crippen molar-refractivity contribution in [2.45, 2.75) is 11.2 Å². The lowest BCUT2D eigenvalue weighted by Crippen LogP contribution is -2.60. The molecule has 2 heterocycles. The molecule has 2 unspecified atom stereocenters. The number of benzene rings is 8. The molecule has 6 heteroatoms. The summed E-state index contributed by atoms with van der Waals surface area (Å²) in [5, 5.41) is 0. The van der Waals surface area contributed by atoms with E-state index in [0.717, 1.165) is 78.3 Å². The molecule has 0 fully saturated rings. The van der Waals surface area contributed by atoms with E-state index in [2.05, 4.69) is 133 Å². The number of ether oxygens (including phenoxy) is 6. The summed E-state index contributed by atoms with van der Waals surface area (Å²) in [7, 11) is 6.76. The third kappa shape index (κ3) is 6.49. The molecule has 64 heavy (non-hydrogen) atoms. The summed E-state index contributed by atoms with van der Waals surface area (Å²) < 4.78 is 39.5. The Morgan fingerprint density at radius 2 is 0.594 bits per heavy atom. The average Bonchev–Trinajstić information content (AvgIpc) is 3.38. The van der Waals surface area contributed by atoms with Gasteiger partial charge in [-0.15, -0.1) is 0 Å². The van der Waals surface area contributed by atoms with Crippen LogP contribution in [0.5, 0.6) is 34.5 Å².